The van der Waals surface area contributed by atoms with Crippen LogP contribution in [-0.4, -0.2) is 9.38 Å². The van der Waals surface area contributed by atoms with Crippen molar-refractivity contribution in [2.45, 2.75) is 6.92 Å². The maximum Gasteiger partial charge on any atom is 0.0675 e. The number of aryl methyl sites for hydroxylation is 1. The van der Waals surface area contributed by atoms with Gasteiger partial charge in [0.15, 0.2) is 0 Å². The summed E-state index contributed by atoms with van der Waals surface area (Å²) in [6.45, 7) is 2.16. The van der Waals surface area contributed by atoms with E-state index in [2.05, 4.69) is 52.7 Å². The van der Waals surface area contributed by atoms with E-state index in [9.17, 15) is 0 Å². The first-order chi connectivity index (χ1) is 8.86. The van der Waals surface area contributed by atoms with Gasteiger partial charge in [-0.1, -0.05) is 36.4 Å². The molecule has 2 nitrogen and oxygen atoms in total. The summed E-state index contributed by atoms with van der Waals surface area (Å²) in [6.07, 6.45) is 5.81. The Hall–Kier alpha value is -2.35. The number of hydrogen-bond donors (Lipinski definition) is 0. The van der Waals surface area contributed by atoms with Crippen molar-refractivity contribution in [2.24, 2.45) is 0 Å². The summed E-state index contributed by atoms with van der Waals surface area (Å²) in [7, 11) is 0. The van der Waals surface area contributed by atoms with Crippen molar-refractivity contribution < 1.29 is 0 Å². The summed E-state index contributed by atoms with van der Waals surface area (Å²) >= 11 is 0. The minimum atomic E-state index is 1.18. The molecule has 0 aliphatic carbocycles. The van der Waals surface area contributed by atoms with Crippen LogP contribution < -0.4 is 0 Å². The Kier molecular flexibility index (Phi) is 1.78. The van der Waals surface area contributed by atoms with Crippen LogP contribution in [0, 0.1) is 6.92 Å². The number of aromatic nitrogens is 2. The normalized spacial score (nSPS) is 11.6. The molecule has 0 bridgehead atoms. The molecule has 0 saturated heterocycles. The van der Waals surface area contributed by atoms with Crippen LogP contribution in [-0.2, 0) is 0 Å². The molecule has 2 heteroatoms. The highest BCUT2D eigenvalue weighted by Gasteiger charge is 2.10. The van der Waals surface area contributed by atoms with E-state index in [1.807, 2.05) is 18.6 Å². The van der Waals surface area contributed by atoms with Gasteiger partial charge < -0.3 is 4.40 Å². The third-order valence-corrected chi connectivity index (χ3v) is 3.69. The number of hydrogen-bond acceptors (Lipinski definition) is 1. The first kappa shape index (κ1) is 9.66. The molecule has 4 rings (SSSR count). The molecular weight excluding hydrogens is 220 g/mol. The predicted octanol–water partition coefficient (Wildman–Crippen LogP) is 3.95. The van der Waals surface area contributed by atoms with Gasteiger partial charge in [-0.2, -0.15) is 0 Å². The highest BCUT2D eigenvalue weighted by Crippen LogP contribution is 2.31. The van der Waals surface area contributed by atoms with Crippen LogP contribution in [0.2, 0.25) is 0 Å². The minimum Gasteiger partial charge on any atom is -0.313 e. The Labute approximate surface area is 104 Å². The van der Waals surface area contributed by atoms with Crippen LogP contribution in [0.3, 0.4) is 0 Å². The summed E-state index contributed by atoms with van der Waals surface area (Å²) in [6, 6.07) is 12.9. The summed E-state index contributed by atoms with van der Waals surface area (Å²) in [5, 5.41) is 3.88. The zero-order valence-electron chi connectivity index (χ0n) is 10.1. The van der Waals surface area contributed by atoms with E-state index in [4.69, 9.17) is 0 Å². The van der Waals surface area contributed by atoms with E-state index >= 15 is 0 Å². The molecule has 0 radical (unpaired) electrons. The van der Waals surface area contributed by atoms with Crippen molar-refractivity contribution in [1.29, 1.82) is 0 Å². The molecule has 2 aromatic carbocycles. The minimum absolute atomic E-state index is 1.18. The Morgan fingerprint density at radius 2 is 1.89 bits per heavy atom. The Morgan fingerprint density at radius 1 is 1.00 bits per heavy atom. The molecule has 0 spiro atoms. The van der Waals surface area contributed by atoms with Crippen molar-refractivity contribution in [1.82, 2.24) is 9.38 Å². The summed E-state index contributed by atoms with van der Waals surface area (Å²) in [4.78, 5) is 4.23. The molecule has 18 heavy (non-hydrogen) atoms. The second kappa shape index (κ2) is 3.33. The van der Waals surface area contributed by atoms with E-state index in [0.717, 1.165) is 0 Å². The molecule has 0 N–H and O–H groups in total. The van der Waals surface area contributed by atoms with Crippen molar-refractivity contribution in [3.63, 3.8) is 0 Å². The molecule has 0 amide bonds. The Bertz CT molecular complexity index is 887. The third-order valence-electron chi connectivity index (χ3n) is 3.69. The first-order valence-electron chi connectivity index (χ1n) is 6.08. The average molecular weight is 232 g/mol. The van der Waals surface area contributed by atoms with Crippen LogP contribution >= 0.6 is 0 Å². The molecule has 0 unspecified atom stereocenters. The zero-order valence-corrected chi connectivity index (χ0v) is 10.1. The topological polar surface area (TPSA) is 17.3 Å². The summed E-state index contributed by atoms with van der Waals surface area (Å²) in [5.41, 5.74) is 3.76. The van der Waals surface area contributed by atoms with Gasteiger partial charge in [0.1, 0.15) is 0 Å². The van der Waals surface area contributed by atoms with Gasteiger partial charge in [0.05, 0.1) is 17.2 Å². The smallest absolute Gasteiger partial charge is 0.0675 e. The van der Waals surface area contributed by atoms with E-state index in [-0.39, 0.29) is 0 Å². The maximum atomic E-state index is 4.23. The van der Waals surface area contributed by atoms with Gasteiger partial charge in [-0.25, -0.2) is 0 Å². The molecule has 0 aliphatic rings. The molecule has 86 valence electrons. The molecule has 4 aromatic rings. The second-order valence-corrected chi connectivity index (χ2v) is 4.64. The lowest BCUT2D eigenvalue weighted by Gasteiger charge is -2.01. The molecule has 0 saturated carbocycles. The predicted molar refractivity (Wildman–Crippen MR) is 74.9 cm³/mol. The van der Waals surface area contributed by atoms with Crippen LogP contribution in [0.5, 0.6) is 0 Å². The lowest BCUT2D eigenvalue weighted by Crippen LogP contribution is -1.85. The van der Waals surface area contributed by atoms with Crippen LogP contribution in [0.4, 0.5) is 0 Å². The first-order valence-corrected chi connectivity index (χ1v) is 6.08. The highest BCUT2D eigenvalue weighted by molar-refractivity contribution is 6.09. The number of benzene rings is 2. The maximum absolute atomic E-state index is 4.23. The van der Waals surface area contributed by atoms with Gasteiger partial charge in [0.2, 0.25) is 0 Å². The van der Waals surface area contributed by atoms with Crippen molar-refractivity contribution in [2.75, 3.05) is 0 Å². The SMILES string of the molecule is Cc1c2ccc3ccccc3c2n2ccncc12. The molecular formula is C16H12N2. The van der Waals surface area contributed by atoms with Crippen molar-refractivity contribution in [3.05, 3.63) is 60.6 Å². The molecule has 0 fully saturated rings. The van der Waals surface area contributed by atoms with Crippen LogP contribution in [0.1, 0.15) is 5.56 Å². The lowest BCUT2D eigenvalue weighted by molar-refractivity contribution is 1.17. The van der Waals surface area contributed by atoms with Gasteiger partial charge in [-0.15, -0.1) is 0 Å². The summed E-state index contributed by atoms with van der Waals surface area (Å²) < 4.78 is 2.24. The van der Waals surface area contributed by atoms with Crippen molar-refractivity contribution in [3.8, 4) is 0 Å². The Morgan fingerprint density at radius 3 is 2.83 bits per heavy atom. The van der Waals surface area contributed by atoms with E-state index < -0.39 is 0 Å². The molecule has 2 aromatic heterocycles. The average Bonchev–Trinajstić information content (AvgIpc) is 2.73. The van der Waals surface area contributed by atoms with E-state index in [1.165, 1.54) is 32.8 Å². The van der Waals surface area contributed by atoms with Gasteiger partial charge in [-0.05, 0) is 17.9 Å². The highest BCUT2D eigenvalue weighted by atomic mass is 14.9. The number of nitrogens with zero attached hydrogens (tertiary/aromatic N) is 2. The fourth-order valence-electron chi connectivity index (χ4n) is 2.79. The standard InChI is InChI=1S/C16H12N2/c1-11-13-7-6-12-4-2-3-5-14(12)16(13)18-9-8-17-10-15(11)18/h2-10H,1H3. The van der Waals surface area contributed by atoms with Gasteiger partial charge in [0, 0.05) is 23.2 Å². The monoisotopic (exact) mass is 232 g/mol. The quantitative estimate of drug-likeness (QED) is 0.448. The second-order valence-electron chi connectivity index (χ2n) is 4.64. The van der Waals surface area contributed by atoms with Crippen molar-refractivity contribution >= 4 is 27.2 Å². The largest absolute Gasteiger partial charge is 0.313 e. The number of fused-ring (bicyclic) bond motifs is 5. The lowest BCUT2D eigenvalue weighted by atomic mass is 10.1. The van der Waals surface area contributed by atoms with Crippen LogP contribution in [0.25, 0.3) is 27.2 Å². The fourth-order valence-corrected chi connectivity index (χ4v) is 2.79. The van der Waals surface area contributed by atoms with E-state index in [0.29, 0.717) is 0 Å². The van der Waals surface area contributed by atoms with E-state index in [1.54, 1.807) is 0 Å². The van der Waals surface area contributed by atoms with Gasteiger partial charge in [0.25, 0.3) is 0 Å². The Balaban J connectivity index is 2.41. The summed E-state index contributed by atoms with van der Waals surface area (Å²) in [5.74, 6) is 0. The molecule has 0 aliphatic heterocycles. The number of rotatable bonds is 0. The fraction of sp³-hybridized carbons (Fsp3) is 0.0625. The van der Waals surface area contributed by atoms with Gasteiger partial charge in [-0.3, -0.25) is 4.98 Å². The third kappa shape index (κ3) is 1.10. The molecule has 0 atom stereocenters. The van der Waals surface area contributed by atoms with Gasteiger partial charge >= 0.3 is 0 Å². The molecule has 2 heterocycles. The zero-order chi connectivity index (χ0) is 12.1. The van der Waals surface area contributed by atoms with Crippen LogP contribution in [0.15, 0.2) is 55.0 Å².